The van der Waals surface area contributed by atoms with Gasteiger partial charge in [0.1, 0.15) is 5.60 Å². The molecule has 5 rings (SSSR count). The van der Waals surface area contributed by atoms with Crippen molar-refractivity contribution in [3.05, 3.63) is 94.3 Å². The largest absolute Gasteiger partial charge is 0.382 e. The Morgan fingerprint density at radius 3 is 2.17 bits per heavy atom. The zero-order chi connectivity index (χ0) is 30.5. The van der Waals surface area contributed by atoms with E-state index in [9.17, 15) is 9.90 Å². The maximum absolute atomic E-state index is 12.6. The fourth-order valence-corrected chi connectivity index (χ4v) is 5.66. The summed E-state index contributed by atoms with van der Waals surface area (Å²) in [5.74, 6) is 0.0425. The Morgan fingerprint density at radius 2 is 1.62 bits per heavy atom. The van der Waals surface area contributed by atoms with Crippen LogP contribution >= 0.6 is 11.6 Å². The first kappa shape index (κ1) is 33.6. The minimum atomic E-state index is -1.06. The summed E-state index contributed by atoms with van der Waals surface area (Å²) >= 11 is 5.54. The molecular formula is C35H49ClN4O2. The Bertz CT molecular complexity index is 1220. The van der Waals surface area contributed by atoms with Crippen molar-refractivity contribution in [2.24, 2.45) is 0 Å². The number of aryl methyl sites for hydroxylation is 2. The molecule has 6 nitrogen and oxygen atoms in total. The van der Waals surface area contributed by atoms with Gasteiger partial charge in [-0.3, -0.25) is 14.7 Å². The summed E-state index contributed by atoms with van der Waals surface area (Å²) in [6.45, 7) is 16.1. The van der Waals surface area contributed by atoms with E-state index >= 15 is 0 Å². The lowest BCUT2D eigenvalue weighted by atomic mass is 9.99. The number of carbonyl (C=O) groups excluding carboxylic acids is 1. The van der Waals surface area contributed by atoms with E-state index in [1.165, 1.54) is 16.8 Å². The summed E-state index contributed by atoms with van der Waals surface area (Å²) in [6, 6.07) is 19.8. The van der Waals surface area contributed by atoms with Crippen molar-refractivity contribution < 1.29 is 9.90 Å². The molecule has 0 unspecified atom stereocenters. The molecule has 3 heterocycles. The summed E-state index contributed by atoms with van der Waals surface area (Å²) in [6.07, 6.45) is 6.02. The van der Waals surface area contributed by atoms with Crippen molar-refractivity contribution in [1.82, 2.24) is 14.8 Å². The third-order valence-electron chi connectivity index (χ3n) is 7.69. The Hall–Kier alpha value is -2.93. The molecule has 0 aliphatic carbocycles. The third kappa shape index (κ3) is 9.55. The Morgan fingerprint density at radius 1 is 0.952 bits per heavy atom. The second-order valence-electron chi connectivity index (χ2n) is 11.1. The topological polar surface area (TPSA) is 59.9 Å². The second-order valence-corrected chi connectivity index (χ2v) is 11.6. The number of aliphatic hydroxyl groups is 1. The molecule has 2 aromatic carbocycles. The van der Waals surface area contributed by atoms with Crippen LogP contribution in [0.4, 0.5) is 5.69 Å². The minimum absolute atomic E-state index is 0.0425. The van der Waals surface area contributed by atoms with Crippen LogP contribution in [-0.4, -0.2) is 71.6 Å². The number of rotatable bonds is 7. The quantitative estimate of drug-likeness (QED) is 0.321. The van der Waals surface area contributed by atoms with E-state index in [2.05, 4.69) is 46.8 Å². The number of hydrogen-bond acceptors (Lipinski definition) is 5. The Kier molecular flexibility index (Phi) is 13.3. The van der Waals surface area contributed by atoms with Crippen LogP contribution in [-0.2, 0) is 12.0 Å². The molecule has 0 spiro atoms. The van der Waals surface area contributed by atoms with Crippen LogP contribution in [0.25, 0.3) is 0 Å². The highest BCUT2D eigenvalue weighted by Gasteiger charge is 2.30. The van der Waals surface area contributed by atoms with Crippen LogP contribution in [0, 0.1) is 6.92 Å². The monoisotopic (exact) mass is 592 g/mol. The highest BCUT2D eigenvalue weighted by molar-refractivity contribution is 6.30. The first-order valence-electron chi connectivity index (χ1n) is 15.5. The molecule has 0 bridgehead atoms. The van der Waals surface area contributed by atoms with Crippen molar-refractivity contribution in [2.45, 2.75) is 65.9 Å². The molecule has 2 fully saturated rings. The summed E-state index contributed by atoms with van der Waals surface area (Å²) in [5, 5.41) is 12.0. The van der Waals surface area contributed by atoms with E-state index in [4.69, 9.17) is 11.6 Å². The van der Waals surface area contributed by atoms with Gasteiger partial charge in [0.05, 0.1) is 11.3 Å². The summed E-state index contributed by atoms with van der Waals surface area (Å²) < 4.78 is 0. The lowest BCUT2D eigenvalue weighted by Crippen LogP contribution is -2.50. The minimum Gasteiger partial charge on any atom is -0.382 e. The van der Waals surface area contributed by atoms with Gasteiger partial charge in [-0.1, -0.05) is 74.7 Å². The van der Waals surface area contributed by atoms with Crippen LogP contribution < -0.4 is 4.90 Å². The van der Waals surface area contributed by atoms with E-state index in [0.717, 1.165) is 70.0 Å². The number of aromatic nitrogens is 1. The van der Waals surface area contributed by atoms with Gasteiger partial charge in [0.25, 0.3) is 5.91 Å². The van der Waals surface area contributed by atoms with Gasteiger partial charge in [-0.15, -0.1) is 0 Å². The third-order valence-corrected chi connectivity index (χ3v) is 7.94. The van der Waals surface area contributed by atoms with Gasteiger partial charge in [0.15, 0.2) is 0 Å². The number of carbonyl (C=O) groups is 1. The highest BCUT2D eigenvalue weighted by Crippen LogP contribution is 2.26. The van der Waals surface area contributed by atoms with Crippen molar-refractivity contribution in [3.8, 4) is 0 Å². The van der Waals surface area contributed by atoms with Crippen LogP contribution in [0.3, 0.4) is 0 Å². The smallest absolute Gasteiger partial charge is 0.255 e. The Balaban J connectivity index is 0.000000465. The SMILES string of the molecule is CC.CCCc1cc(C)ccc1N1CCN(C[C@@](C)(O)c2ccc(C(=O)N3CCCC3)cn2)CC1.Clc1ccccc1. The van der Waals surface area contributed by atoms with Gasteiger partial charge in [0, 0.05) is 62.7 Å². The van der Waals surface area contributed by atoms with E-state index in [1.807, 2.05) is 68.1 Å². The molecule has 2 aliphatic rings. The van der Waals surface area contributed by atoms with E-state index in [0.29, 0.717) is 17.8 Å². The predicted molar refractivity (Wildman–Crippen MR) is 176 cm³/mol. The van der Waals surface area contributed by atoms with Crippen LogP contribution in [0.15, 0.2) is 66.9 Å². The molecule has 1 atom stereocenters. The molecular weight excluding hydrogens is 544 g/mol. The molecule has 2 saturated heterocycles. The van der Waals surface area contributed by atoms with Gasteiger partial charge < -0.3 is 14.9 Å². The number of amides is 1. The molecule has 0 saturated carbocycles. The number of benzene rings is 2. The predicted octanol–water partition coefficient (Wildman–Crippen LogP) is 6.97. The molecule has 1 aromatic heterocycles. The maximum Gasteiger partial charge on any atom is 0.255 e. The van der Waals surface area contributed by atoms with Crippen LogP contribution in [0.5, 0.6) is 0 Å². The van der Waals surface area contributed by atoms with E-state index < -0.39 is 5.60 Å². The maximum atomic E-state index is 12.6. The van der Waals surface area contributed by atoms with Crippen molar-refractivity contribution in [3.63, 3.8) is 0 Å². The van der Waals surface area contributed by atoms with Crippen molar-refractivity contribution in [1.29, 1.82) is 0 Å². The zero-order valence-corrected chi connectivity index (χ0v) is 26.9. The number of β-amino-alcohol motifs (C(OH)–C–C–N with tert-alkyl or cyclic N) is 1. The van der Waals surface area contributed by atoms with Gasteiger partial charge in [-0.25, -0.2) is 0 Å². The normalized spacial score (nSPS) is 16.5. The molecule has 0 radical (unpaired) electrons. The average Bonchev–Trinajstić information content (AvgIpc) is 3.55. The van der Waals surface area contributed by atoms with Gasteiger partial charge in [-0.05, 0) is 69.0 Å². The molecule has 7 heteroatoms. The number of pyridine rings is 1. The number of likely N-dealkylation sites (tertiary alicyclic amines) is 1. The van der Waals surface area contributed by atoms with Crippen LogP contribution in [0.1, 0.15) is 74.1 Å². The number of nitrogens with zero attached hydrogens (tertiary/aromatic N) is 4. The van der Waals surface area contributed by atoms with E-state index in [-0.39, 0.29) is 5.91 Å². The highest BCUT2D eigenvalue weighted by atomic mass is 35.5. The molecule has 1 amide bonds. The molecule has 42 heavy (non-hydrogen) atoms. The van der Waals surface area contributed by atoms with Gasteiger partial charge >= 0.3 is 0 Å². The second kappa shape index (κ2) is 16.6. The van der Waals surface area contributed by atoms with Crippen molar-refractivity contribution >= 4 is 23.2 Å². The Labute approximate surface area is 258 Å². The number of anilines is 1. The number of halogens is 1. The average molecular weight is 593 g/mol. The first-order valence-corrected chi connectivity index (χ1v) is 15.9. The zero-order valence-electron chi connectivity index (χ0n) is 26.2. The summed E-state index contributed by atoms with van der Waals surface area (Å²) in [7, 11) is 0. The van der Waals surface area contributed by atoms with E-state index in [1.54, 1.807) is 6.20 Å². The molecule has 3 aromatic rings. The lowest BCUT2D eigenvalue weighted by Gasteiger charge is -2.39. The van der Waals surface area contributed by atoms with Gasteiger partial charge in [0.2, 0.25) is 0 Å². The summed E-state index contributed by atoms with van der Waals surface area (Å²) in [5.41, 5.74) is 4.27. The number of piperazine rings is 1. The summed E-state index contributed by atoms with van der Waals surface area (Å²) in [4.78, 5) is 23.7. The molecule has 1 N–H and O–H groups in total. The van der Waals surface area contributed by atoms with Gasteiger partial charge in [-0.2, -0.15) is 0 Å². The molecule has 228 valence electrons. The molecule has 2 aliphatic heterocycles. The standard InChI is InChI=1S/C27H38N4O2.C6H5Cl.C2H6/c1-4-7-22-18-21(2)8-10-24(22)30-16-14-29(15-17-30)20-27(3,33)25-11-9-23(19-28-25)26(32)31-12-5-6-13-31;7-6-4-2-1-3-5-6;1-2/h8-11,18-19,33H,4-7,12-17,20H2,1-3H3;1-5H;1-2H3/t27-;;/m1../s1. The van der Waals surface area contributed by atoms with Crippen LogP contribution in [0.2, 0.25) is 5.02 Å². The lowest BCUT2D eigenvalue weighted by molar-refractivity contribution is 0.0106. The number of hydrogen-bond donors (Lipinski definition) is 1. The fraction of sp³-hybridized carbons (Fsp3) is 0.486. The fourth-order valence-electron chi connectivity index (χ4n) is 5.51. The first-order chi connectivity index (χ1) is 20.3. The van der Waals surface area contributed by atoms with Crippen molar-refractivity contribution in [2.75, 3.05) is 50.7 Å².